The second-order valence-electron chi connectivity index (χ2n) is 2.94. The van der Waals surface area contributed by atoms with Gasteiger partial charge in [0.25, 0.3) is 0 Å². The number of aromatic nitrogens is 1. The molecular weight excluding hydrogens is 180 g/mol. The van der Waals surface area contributed by atoms with Crippen LogP contribution in [0.15, 0.2) is 29.0 Å². The summed E-state index contributed by atoms with van der Waals surface area (Å²) in [6.45, 7) is 1.22. The van der Waals surface area contributed by atoms with Crippen molar-refractivity contribution in [3.05, 3.63) is 24.6 Å². The number of nitrogens with two attached hydrogens (primary N) is 1. The van der Waals surface area contributed by atoms with E-state index in [1.807, 2.05) is 12.1 Å². The van der Waals surface area contributed by atoms with Gasteiger partial charge in [-0.1, -0.05) is 0 Å². The Labute approximate surface area is 81.7 Å². The van der Waals surface area contributed by atoms with E-state index in [2.05, 4.69) is 4.98 Å². The van der Waals surface area contributed by atoms with Crippen LogP contribution >= 0.6 is 0 Å². The average Bonchev–Trinajstić information content (AvgIpc) is 2.67. The summed E-state index contributed by atoms with van der Waals surface area (Å²) in [5.74, 6) is 0.615. The maximum absolute atomic E-state index is 5.47. The van der Waals surface area contributed by atoms with Crippen molar-refractivity contribution >= 4 is 11.0 Å². The molecule has 0 aliphatic heterocycles. The summed E-state index contributed by atoms with van der Waals surface area (Å²) in [6.07, 6.45) is 4.13. The van der Waals surface area contributed by atoms with Gasteiger partial charge in [-0.15, -0.1) is 0 Å². The fourth-order valence-corrected chi connectivity index (χ4v) is 1.24. The van der Waals surface area contributed by atoms with Gasteiger partial charge >= 0.3 is 0 Å². The lowest BCUT2D eigenvalue weighted by atomic mass is 10.3. The predicted molar refractivity (Wildman–Crippen MR) is 53.2 cm³/mol. The predicted octanol–water partition coefficient (Wildman–Crippen LogP) is 1.56. The molecule has 0 aliphatic carbocycles. The van der Waals surface area contributed by atoms with Gasteiger partial charge in [0.2, 0.25) is 5.88 Å². The van der Waals surface area contributed by atoms with Crippen LogP contribution in [0.2, 0.25) is 0 Å². The molecule has 2 aromatic heterocycles. The van der Waals surface area contributed by atoms with Crippen LogP contribution in [0.25, 0.3) is 11.0 Å². The summed E-state index contributed by atoms with van der Waals surface area (Å²) in [5.41, 5.74) is 6.16. The molecule has 0 amide bonds. The minimum atomic E-state index is 0.591. The first-order valence-corrected chi connectivity index (χ1v) is 4.57. The number of furan rings is 1. The van der Waals surface area contributed by atoms with Crippen molar-refractivity contribution in [2.24, 2.45) is 5.73 Å². The highest BCUT2D eigenvalue weighted by Crippen LogP contribution is 2.23. The molecule has 0 bridgehead atoms. The van der Waals surface area contributed by atoms with Crippen LogP contribution in [0.1, 0.15) is 6.42 Å². The van der Waals surface area contributed by atoms with Crippen molar-refractivity contribution in [3.63, 3.8) is 0 Å². The highest BCUT2D eigenvalue weighted by molar-refractivity contribution is 5.81. The van der Waals surface area contributed by atoms with E-state index in [-0.39, 0.29) is 0 Å². The Morgan fingerprint density at radius 3 is 3.21 bits per heavy atom. The van der Waals surface area contributed by atoms with Crippen molar-refractivity contribution in [2.45, 2.75) is 6.42 Å². The Bertz CT molecular complexity index is 411. The zero-order chi connectivity index (χ0) is 9.80. The highest BCUT2D eigenvalue weighted by atomic mass is 16.5. The largest absolute Gasteiger partial charge is 0.477 e. The Morgan fingerprint density at radius 2 is 2.36 bits per heavy atom. The monoisotopic (exact) mass is 192 g/mol. The molecule has 0 saturated carbocycles. The maximum atomic E-state index is 5.47. The van der Waals surface area contributed by atoms with Crippen LogP contribution in [0.4, 0.5) is 0 Å². The van der Waals surface area contributed by atoms with Crippen LogP contribution < -0.4 is 10.5 Å². The van der Waals surface area contributed by atoms with E-state index in [0.717, 1.165) is 17.4 Å². The first-order chi connectivity index (χ1) is 6.92. The number of rotatable bonds is 4. The SMILES string of the molecule is NCCCOc1nccc2occc12. The van der Waals surface area contributed by atoms with Crippen molar-refractivity contribution < 1.29 is 9.15 Å². The third-order valence-corrected chi connectivity index (χ3v) is 1.93. The fourth-order valence-electron chi connectivity index (χ4n) is 1.24. The Balaban J connectivity index is 2.19. The van der Waals surface area contributed by atoms with Crippen molar-refractivity contribution in [1.29, 1.82) is 0 Å². The first kappa shape index (κ1) is 9.02. The fraction of sp³-hybridized carbons (Fsp3) is 0.300. The standard InChI is InChI=1S/C10H12N2O2/c11-4-1-6-14-10-8-3-7-13-9(8)2-5-12-10/h2-3,5,7H,1,4,6,11H2. The Morgan fingerprint density at radius 1 is 1.43 bits per heavy atom. The molecular formula is C10H12N2O2. The number of nitrogens with zero attached hydrogens (tertiary/aromatic N) is 1. The van der Waals surface area contributed by atoms with E-state index in [0.29, 0.717) is 19.0 Å². The average molecular weight is 192 g/mol. The molecule has 0 unspecified atom stereocenters. The minimum absolute atomic E-state index is 0.591. The van der Waals surface area contributed by atoms with Gasteiger partial charge in [0, 0.05) is 6.20 Å². The van der Waals surface area contributed by atoms with Gasteiger partial charge in [-0.3, -0.25) is 0 Å². The zero-order valence-electron chi connectivity index (χ0n) is 7.77. The molecule has 0 aromatic carbocycles. The van der Waals surface area contributed by atoms with Gasteiger partial charge in [0.15, 0.2) is 0 Å². The van der Waals surface area contributed by atoms with E-state index in [1.165, 1.54) is 0 Å². The molecule has 0 saturated heterocycles. The number of ether oxygens (including phenoxy) is 1. The van der Waals surface area contributed by atoms with Crippen LogP contribution in [0, 0.1) is 0 Å². The quantitative estimate of drug-likeness (QED) is 0.746. The maximum Gasteiger partial charge on any atom is 0.224 e. The molecule has 0 radical (unpaired) electrons. The lowest BCUT2D eigenvalue weighted by Gasteiger charge is -2.03. The molecule has 2 rings (SSSR count). The third-order valence-electron chi connectivity index (χ3n) is 1.93. The lowest BCUT2D eigenvalue weighted by Crippen LogP contribution is -2.06. The van der Waals surface area contributed by atoms with Crippen molar-refractivity contribution in [3.8, 4) is 5.88 Å². The number of hydrogen-bond acceptors (Lipinski definition) is 4. The van der Waals surface area contributed by atoms with E-state index in [1.54, 1.807) is 12.5 Å². The molecule has 74 valence electrons. The molecule has 4 heteroatoms. The lowest BCUT2D eigenvalue weighted by molar-refractivity contribution is 0.305. The molecule has 0 aliphatic rings. The molecule has 4 nitrogen and oxygen atoms in total. The molecule has 14 heavy (non-hydrogen) atoms. The van der Waals surface area contributed by atoms with Crippen LogP contribution in [-0.2, 0) is 0 Å². The van der Waals surface area contributed by atoms with Crippen LogP contribution in [0.3, 0.4) is 0 Å². The summed E-state index contributed by atoms with van der Waals surface area (Å²) >= 11 is 0. The van der Waals surface area contributed by atoms with E-state index < -0.39 is 0 Å². The van der Waals surface area contributed by atoms with Crippen LogP contribution in [0.5, 0.6) is 5.88 Å². The summed E-state index contributed by atoms with van der Waals surface area (Å²) < 4.78 is 10.7. The topological polar surface area (TPSA) is 61.3 Å². The van der Waals surface area contributed by atoms with E-state index in [9.17, 15) is 0 Å². The number of pyridine rings is 1. The van der Waals surface area contributed by atoms with E-state index in [4.69, 9.17) is 14.9 Å². The molecule has 0 spiro atoms. The summed E-state index contributed by atoms with van der Waals surface area (Å²) in [5, 5.41) is 0.907. The van der Waals surface area contributed by atoms with Gasteiger partial charge in [0.1, 0.15) is 5.58 Å². The summed E-state index contributed by atoms with van der Waals surface area (Å²) in [7, 11) is 0. The molecule has 2 N–H and O–H groups in total. The summed E-state index contributed by atoms with van der Waals surface area (Å²) in [4.78, 5) is 4.13. The summed E-state index contributed by atoms with van der Waals surface area (Å²) in [6, 6.07) is 3.66. The van der Waals surface area contributed by atoms with Gasteiger partial charge in [-0.25, -0.2) is 4.98 Å². The Kier molecular flexibility index (Phi) is 2.65. The van der Waals surface area contributed by atoms with Crippen molar-refractivity contribution in [1.82, 2.24) is 4.98 Å². The smallest absolute Gasteiger partial charge is 0.224 e. The molecule has 2 heterocycles. The van der Waals surface area contributed by atoms with Crippen LogP contribution in [-0.4, -0.2) is 18.1 Å². The third kappa shape index (κ3) is 1.70. The second kappa shape index (κ2) is 4.11. The normalized spacial score (nSPS) is 10.6. The Hall–Kier alpha value is -1.55. The molecule has 2 aromatic rings. The second-order valence-corrected chi connectivity index (χ2v) is 2.94. The van der Waals surface area contributed by atoms with Gasteiger partial charge < -0.3 is 14.9 Å². The van der Waals surface area contributed by atoms with E-state index >= 15 is 0 Å². The zero-order valence-corrected chi connectivity index (χ0v) is 7.77. The highest BCUT2D eigenvalue weighted by Gasteiger charge is 2.04. The molecule has 0 atom stereocenters. The number of fused-ring (bicyclic) bond motifs is 1. The minimum Gasteiger partial charge on any atom is -0.477 e. The molecule has 0 fully saturated rings. The first-order valence-electron chi connectivity index (χ1n) is 4.57. The number of hydrogen-bond donors (Lipinski definition) is 1. The van der Waals surface area contributed by atoms with Gasteiger partial charge in [0.05, 0.1) is 18.3 Å². The van der Waals surface area contributed by atoms with Gasteiger partial charge in [-0.05, 0) is 25.1 Å². The van der Waals surface area contributed by atoms with Gasteiger partial charge in [-0.2, -0.15) is 0 Å². The van der Waals surface area contributed by atoms with Crippen molar-refractivity contribution in [2.75, 3.05) is 13.2 Å².